The Morgan fingerprint density at radius 3 is 1.62 bits per heavy atom. The first-order valence-corrected chi connectivity index (χ1v) is 17.1. The van der Waals surface area contributed by atoms with Crippen molar-refractivity contribution >= 4 is 31.4 Å². The molecular weight excluding hydrogens is 423 g/mol. The zero-order valence-corrected chi connectivity index (χ0v) is 21.3. The van der Waals surface area contributed by atoms with E-state index in [1.54, 1.807) is 0 Å². The highest BCUT2D eigenvalue weighted by atomic mass is 31.2. The van der Waals surface area contributed by atoms with Crippen LogP contribution in [0.15, 0.2) is 96.6 Å². The Hall–Kier alpha value is -2.41. The van der Waals surface area contributed by atoms with E-state index in [0.717, 1.165) is 34.0 Å². The summed E-state index contributed by atoms with van der Waals surface area (Å²) < 4.78 is 15.3. The van der Waals surface area contributed by atoms with Gasteiger partial charge >= 0.3 is 0 Å². The largest absolute Gasteiger partial charge is 0.314 e. The van der Waals surface area contributed by atoms with Crippen molar-refractivity contribution in [2.24, 2.45) is 5.41 Å². The summed E-state index contributed by atoms with van der Waals surface area (Å²) in [6, 6.07) is 32.8. The highest BCUT2D eigenvalue weighted by Crippen LogP contribution is 2.85. The van der Waals surface area contributed by atoms with Gasteiger partial charge in [-0.05, 0) is 28.3 Å². The first-order valence-electron chi connectivity index (χ1n) is 11.5. The molecule has 0 N–H and O–H groups in total. The third-order valence-corrected chi connectivity index (χ3v) is 11.8. The molecule has 0 radical (unpaired) electrons. The van der Waals surface area contributed by atoms with Gasteiger partial charge in [0, 0.05) is 30.3 Å². The standard InChI is InChI=1S/C29H31OPSi/c1-29-21-31(30,27(23-16-10-6-11-17-23)25(29)20-32(2,3)4)28(24-18-12-7-13-19-24)26(29)22-14-8-5-9-15-22/h5-19H,20-21H2,1-4H3. The van der Waals surface area contributed by atoms with Crippen molar-refractivity contribution in [2.45, 2.75) is 32.6 Å². The fraction of sp³-hybridized carbons (Fsp3) is 0.241. The molecule has 0 spiro atoms. The van der Waals surface area contributed by atoms with Crippen LogP contribution in [0.4, 0.5) is 0 Å². The van der Waals surface area contributed by atoms with Crippen molar-refractivity contribution in [1.82, 2.24) is 0 Å². The number of hydrogen-bond acceptors (Lipinski definition) is 1. The van der Waals surface area contributed by atoms with Gasteiger partial charge in [-0.3, -0.25) is 0 Å². The average molecular weight is 455 g/mol. The monoisotopic (exact) mass is 454 g/mol. The number of hydrogen-bond donors (Lipinski definition) is 0. The van der Waals surface area contributed by atoms with Crippen LogP contribution in [0, 0.1) is 5.41 Å². The fourth-order valence-corrected chi connectivity index (χ4v) is 11.9. The molecule has 1 nitrogen and oxygen atoms in total. The summed E-state index contributed by atoms with van der Waals surface area (Å²) in [6.07, 6.45) is 0.721. The molecule has 0 aliphatic carbocycles. The second-order valence-corrected chi connectivity index (χ2v) is 18.8. The summed E-state index contributed by atoms with van der Waals surface area (Å²) >= 11 is 0. The molecule has 0 aromatic heterocycles. The molecule has 3 heteroatoms. The Morgan fingerprint density at radius 2 is 1.16 bits per heavy atom. The van der Waals surface area contributed by atoms with Gasteiger partial charge in [0.05, 0.1) is 0 Å². The average Bonchev–Trinajstić information content (AvgIpc) is 3.15. The van der Waals surface area contributed by atoms with E-state index < -0.39 is 15.2 Å². The third-order valence-electron chi connectivity index (χ3n) is 6.87. The van der Waals surface area contributed by atoms with Gasteiger partial charge in [-0.25, -0.2) is 0 Å². The van der Waals surface area contributed by atoms with Crippen molar-refractivity contribution in [2.75, 3.05) is 6.16 Å². The summed E-state index contributed by atoms with van der Waals surface area (Å²) in [6.45, 7) is 9.65. The topological polar surface area (TPSA) is 17.1 Å². The molecule has 2 aliphatic heterocycles. The van der Waals surface area contributed by atoms with Crippen molar-refractivity contribution in [3.05, 3.63) is 113 Å². The van der Waals surface area contributed by atoms with Crippen molar-refractivity contribution in [3.63, 3.8) is 0 Å². The lowest BCUT2D eigenvalue weighted by atomic mass is 9.73. The van der Waals surface area contributed by atoms with E-state index in [4.69, 9.17) is 0 Å². The van der Waals surface area contributed by atoms with Gasteiger partial charge in [-0.15, -0.1) is 0 Å². The summed E-state index contributed by atoms with van der Waals surface area (Å²) in [5.41, 5.74) is 6.00. The molecule has 2 atom stereocenters. The molecule has 0 saturated heterocycles. The maximum atomic E-state index is 15.3. The van der Waals surface area contributed by atoms with Crippen molar-refractivity contribution < 1.29 is 4.57 Å². The van der Waals surface area contributed by atoms with Gasteiger partial charge in [-0.1, -0.05) is 123 Å². The van der Waals surface area contributed by atoms with Crippen LogP contribution in [-0.2, 0) is 4.57 Å². The van der Waals surface area contributed by atoms with Crippen LogP contribution in [0.3, 0.4) is 0 Å². The van der Waals surface area contributed by atoms with Crippen LogP contribution >= 0.6 is 7.14 Å². The van der Waals surface area contributed by atoms with Gasteiger partial charge in [0.1, 0.15) is 7.14 Å². The molecule has 32 heavy (non-hydrogen) atoms. The normalized spacial score (nSPS) is 25.0. The predicted molar refractivity (Wildman–Crippen MR) is 142 cm³/mol. The lowest BCUT2D eigenvalue weighted by molar-refractivity contribution is 0.576. The second-order valence-electron chi connectivity index (χ2n) is 10.6. The predicted octanol–water partition coefficient (Wildman–Crippen LogP) is 8.70. The van der Waals surface area contributed by atoms with Crippen LogP contribution in [-0.4, -0.2) is 14.2 Å². The number of benzene rings is 3. The highest BCUT2D eigenvalue weighted by Gasteiger charge is 2.60. The molecule has 0 fully saturated rings. The Labute approximate surface area is 193 Å². The van der Waals surface area contributed by atoms with Gasteiger partial charge < -0.3 is 4.57 Å². The van der Waals surface area contributed by atoms with E-state index >= 15 is 4.57 Å². The van der Waals surface area contributed by atoms with Crippen molar-refractivity contribution in [3.8, 4) is 0 Å². The Morgan fingerprint density at radius 1 is 0.719 bits per heavy atom. The van der Waals surface area contributed by atoms with E-state index in [-0.39, 0.29) is 5.41 Å². The molecule has 162 valence electrons. The zero-order valence-electron chi connectivity index (χ0n) is 19.4. The maximum absolute atomic E-state index is 15.3. The molecule has 2 unspecified atom stereocenters. The summed E-state index contributed by atoms with van der Waals surface area (Å²) in [5, 5.41) is 2.24. The van der Waals surface area contributed by atoms with Crippen molar-refractivity contribution in [1.29, 1.82) is 0 Å². The molecule has 3 aromatic carbocycles. The first kappa shape index (κ1) is 21.4. The Kier molecular flexibility index (Phi) is 5.07. The zero-order chi connectivity index (χ0) is 22.6. The second kappa shape index (κ2) is 7.58. The number of fused-ring (bicyclic) bond motifs is 2. The third kappa shape index (κ3) is 3.32. The minimum absolute atomic E-state index is 0.201. The molecule has 5 rings (SSSR count). The van der Waals surface area contributed by atoms with Gasteiger partial charge in [0.15, 0.2) is 0 Å². The van der Waals surface area contributed by atoms with E-state index in [1.807, 2.05) is 6.07 Å². The van der Waals surface area contributed by atoms with E-state index in [1.165, 1.54) is 16.7 Å². The highest BCUT2D eigenvalue weighted by molar-refractivity contribution is 7.85. The molecule has 2 bridgehead atoms. The molecule has 0 amide bonds. The first-order chi connectivity index (χ1) is 15.2. The number of rotatable bonds is 5. The lowest BCUT2D eigenvalue weighted by Gasteiger charge is -2.35. The molecule has 0 saturated carbocycles. The minimum Gasteiger partial charge on any atom is -0.314 e. The van der Waals surface area contributed by atoms with Crippen LogP contribution in [0.25, 0.3) is 16.2 Å². The lowest BCUT2D eigenvalue weighted by Crippen LogP contribution is -2.28. The van der Waals surface area contributed by atoms with Crippen LogP contribution in [0.2, 0.25) is 25.7 Å². The fourth-order valence-electron chi connectivity index (χ4n) is 5.76. The van der Waals surface area contributed by atoms with E-state index in [9.17, 15) is 0 Å². The van der Waals surface area contributed by atoms with Crippen LogP contribution < -0.4 is 0 Å². The summed E-state index contributed by atoms with van der Waals surface area (Å²) in [5.74, 6) is 0. The molecule has 2 aliphatic rings. The number of allylic oxidation sites excluding steroid dienone is 2. The van der Waals surface area contributed by atoms with Gasteiger partial charge in [-0.2, -0.15) is 0 Å². The van der Waals surface area contributed by atoms with E-state index in [2.05, 4.69) is 111 Å². The summed E-state index contributed by atoms with van der Waals surface area (Å²) in [7, 11) is -4.24. The SMILES string of the molecule is CC12CP(=O)(C(c3ccccc3)=C1C[Si](C)(C)C)C(c1ccccc1)=C2c1ccccc1. The van der Waals surface area contributed by atoms with Crippen LogP contribution in [0.5, 0.6) is 0 Å². The quantitative estimate of drug-likeness (QED) is 0.278. The Bertz CT molecular complexity index is 1270. The summed E-state index contributed by atoms with van der Waals surface area (Å²) in [4.78, 5) is 0. The molecular formula is C29H31OPSi. The Balaban J connectivity index is 1.86. The van der Waals surface area contributed by atoms with Crippen LogP contribution in [0.1, 0.15) is 23.6 Å². The smallest absolute Gasteiger partial charge is 0.145 e. The molecule has 3 aromatic rings. The van der Waals surface area contributed by atoms with E-state index in [0.29, 0.717) is 0 Å². The maximum Gasteiger partial charge on any atom is 0.145 e. The van der Waals surface area contributed by atoms with Gasteiger partial charge in [0.25, 0.3) is 0 Å². The minimum atomic E-state index is -2.79. The molecule has 2 heterocycles. The van der Waals surface area contributed by atoms with Gasteiger partial charge in [0.2, 0.25) is 0 Å².